The molecule has 0 amide bonds. The summed E-state index contributed by atoms with van der Waals surface area (Å²) in [6, 6.07) is 9.37. The van der Waals surface area contributed by atoms with Crippen molar-refractivity contribution in [3.05, 3.63) is 35.4 Å². The van der Waals surface area contributed by atoms with Gasteiger partial charge >= 0.3 is 5.97 Å². The average Bonchev–Trinajstić information content (AvgIpc) is 2.38. The maximum absolute atomic E-state index is 11.2. The van der Waals surface area contributed by atoms with E-state index in [4.69, 9.17) is 5.26 Å². The molecule has 0 atom stereocenters. The van der Waals surface area contributed by atoms with Gasteiger partial charge in [0.05, 0.1) is 25.3 Å². The van der Waals surface area contributed by atoms with Gasteiger partial charge in [-0.3, -0.25) is 4.90 Å². The maximum atomic E-state index is 11.2. The van der Waals surface area contributed by atoms with E-state index in [-0.39, 0.29) is 5.97 Å². The number of carbonyl (C=O) groups is 1. The monoisotopic (exact) mass is 232 g/mol. The molecule has 1 aromatic carbocycles. The number of rotatable bonds is 5. The van der Waals surface area contributed by atoms with E-state index >= 15 is 0 Å². The van der Waals surface area contributed by atoms with E-state index in [0.717, 1.165) is 12.1 Å². The predicted molar refractivity (Wildman–Crippen MR) is 64.3 cm³/mol. The second-order valence-electron chi connectivity index (χ2n) is 3.65. The number of esters is 1. The van der Waals surface area contributed by atoms with E-state index in [0.29, 0.717) is 18.7 Å². The summed E-state index contributed by atoms with van der Waals surface area (Å²) in [6.07, 6.45) is 0. The molecule has 0 aromatic heterocycles. The number of carbonyl (C=O) groups excluding carboxylic acids is 1. The Morgan fingerprint density at radius 1 is 1.41 bits per heavy atom. The zero-order valence-electron chi connectivity index (χ0n) is 10.1. The molecular weight excluding hydrogens is 216 g/mol. The van der Waals surface area contributed by atoms with Crippen LogP contribution < -0.4 is 0 Å². The van der Waals surface area contributed by atoms with Gasteiger partial charge in [-0.2, -0.15) is 5.26 Å². The lowest BCUT2D eigenvalue weighted by Gasteiger charge is -2.16. The zero-order chi connectivity index (χ0) is 12.7. The Morgan fingerprint density at radius 2 is 2.06 bits per heavy atom. The third kappa shape index (κ3) is 3.89. The van der Waals surface area contributed by atoms with E-state index in [1.165, 1.54) is 7.11 Å². The number of hydrogen-bond acceptors (Lipinski definition) is 4. The van der Waals surface area contributed by atoms with Crippen molar-refractivity contribution < 1.29 is 9.53 Å². The van der Waals surface area contributed by atoms with E-state index in [1.807, 2.05) is 24.0 Å². The first kappa shape index (κ1) is 13.2. The summed E-state index contributed by atoms with van der Waals surface area (Å²) in [5.41, 5.74) is 1.62. The molecule has 0 aliphatic heterocycles. The third-order valence-corrected chi connectivity index (χ3v) is 2.52. The molecule has 0 unspecified atom stereocenters. The zero-order valence-corrected chi connectivity index (χ0v) is 10.1. The van der Waals surface area contributed by atoms with Crippen LogP contribution in [0.5, 0.6) is 0 Å². The molecule has 90 valence electrons. The van der Waals surface area contributed by atoms with Crippen LogP contribution in [0.15, 0.2) is 24.3 Å². The molecule has 0 saturated carbocycles. The Balaban J connectivity index is 2.68. The normalized spacial score (nSPS) is 10.0. The van der Waals surface area contributed by atoms with Gasteiger partial charge in [-0.1, -0.05) is 19.1 Å². The number of benzene rings is 1. The third-order valence-electron chi connectivity index (χ3n) is 2.52. The predicted octanol–water partition coefficient (Wildman–Crippen LogP) is 1.82. The van der Waals surface area contributed by atoms with Crippen LogP contribution in [0, 0.1) is 11.3 Å². The van der Waals surface area contributed by atoms with Crippen LogP contribution in [0.3, 0.4) is 0 Å². The molecule has 4 nitrogen and oxygen atoms in total. The first-order valence-electron chi connectivity index (χ1n) is 5.47. The van der Waals surface area contributed by atoms with Gasteiger partial charge < -0.3 is 4.74 Å². The van der Waals surface area contributed by atoms with Crippen molar-refractivity contribution in [3.63, 3.8) is 0 Å². The Bertz CT molecular complexity index is 406. The lowest BCUT2D eigenvalue weighted by atomic mass is 10.1. The van der Waals surface area contributed by atoms with E-state index in [1.54, 1.807) is 12.1 Å². The minimum atomic E-state index is -0.332. The smallest absolute Gasteiger partial charge is 0.337 e. The van der Waals surface area contributed by atoms with E-state index < -0.39 is 0 Å². The molecule has 0 N–H and O–H groups in total. The molecule has 0 bridgehead atoms. The summed E-state index contributed by atoms with van der Waals surface area (Å²) in [4.78, 5) is 13.3. The molecule has 17 heavy (non-hydrogen) atoms. The van der Waals surface area contributed by atoms with Crippen molar-refractivity contribution in [1.29, 1.82) is 5.26 Å². The van der Waals surface area contributed by atoms with Crippen LogP contribution in [-0.2, 0) is 11.3 Å². The van der Waals surface area contributed by atoms with Crippen LogP contribution in [0.4, 0.5) is 0 Å². The van der Waals surface area contributed by atoms with Crippen LogP contribution >= 0.6 is 0 Å². The highest BCUT2D eigenvalue weighted by Crippen LogP contribution is 2.08. The summed E-state index contributed by atoms with van der Waals surface area (Å²) < 4.78 is 4.62. The molecule has 1 rings (SSSR count). The summed E-state index contributed by atoms with van der Waals surface area (Å²) >= 11 is 0. The lowest BCUT2D eigenvalue weighted by molar-refractivity contribution is 0.0600. The number of hydrogen-bond donors (Lipinski definition) is 0. The molecule has 1 aromatic rings. The van der Waals surface area contributed by atoms with Crippen LogP contribution in [0.2, 0.25) is 0 Å². The number of nitrogens with zero attached hydrogens (tertiary/aromatic N) is 2. The van der Waals surface area contributed by atoms with E-state index in [2.05, 4.69) is 10.8 Å². The second kappa shape index (κ2) is 6.66. The van der Waals surface area contributed by atoms with Gasteiger partial charge in [0.25, 0.3) is 0 Å². The van der Waals surface area contributed by atoms with Crippen molar-refractivity contribution in [3.8, 4) is 6.07 Å². The fraction of sp³-hybridized carbons (Fsp3) is 0.385. The Hall–Kier alpha value is -1.86. The summed E-state index contributed by atoms with van der Waals surface area (Å²) in [6.45, 7) is 3.97. The number of ether oxygens (including phenoxy) is 1. The van der Waals surface area contributed by atoms with Gasteiger partial charge in [-0.25, -0.2) is 4.79 Å². The molecule has 0 spiro atoms. The van der Waals surface area contributed by atoms with Gasteiger partial charge in [-0.15, -0.1) is 0 Å². The second-order valence-corrected chi connectivity index (χ2v) is 3.65. The number of nitriles is 1. The SMILES string of the molecule is CCN(CC#N)Cc1ccc(C(=O)OC)cc1. The molecule has 0 aliphatic rings. The standard InChI is InChI=1S/C13H16N2O2/c1-3-15(9-8-14)10-11-4-6-12(7-5-11)13(16)17-2/h4-7H,3,9-10H2,1-2H3. The average molecular weight is 232 g/mol. The lowest BCUT2D eigenvalue weighted by Crippen LogP contribution is -2.23. The van der Waals surface area contributed by atoms with Gasteiger partial charge in [-0.05, 0) is 24.2 Å². The number of methoxy groups -OCH3 is 1. The molecule has 0 aliphatic carbocycles. The molecular formula is C13H16N2O2. The Morgan fingerprint density at radius 3 is 2.53 bits per heavy atom. The van der Waals surface area contributed by atoms with Crippen molar-refractivity contribution in [2.75, 3.05) is 20.2 Å². The van der Waals surface area contributed by atoms with Crippen molar-refractivity contribution in [2.24, 2.45) is 0 Å². The summed E-state index contributed by atoms with van der Waals surface area (Å²) in [5, 5.41) is 8.64. The topological polar surface area (TPSA) is 53.3 Å². The molecule has 0 saturated heterocycles. The first-order chi connectivity index (χ1) is 8.21. The molecule has 0 radical (unpaired) electrons. The molecule has 4 heteroatoms. The largest absolute Gasteiger partial charge is 0.465 e. The Labute approximate surface area is 101 Å². The highest BCUT2D eigenvalue weighted by molar-refractivity contribution is 5.89. The van der Waals surface area contributed by atoms with E-state index in [9.17, 15) is 4.79 Å². The molecule has 0 heterocycles. The van der Waals surface area contributed by atoms with Crippen molar-refractivity contribution >= 4 is 5.97 Å². The minimum absolute atomic E-state index is 0.332. The van der Waals surface area contributed by atoms with Crippen molar-refractivity contribution in [1.82, 2.24) is 4.90 Å². The minimum Gasteiger partial charge on any atom is -0.465 e. The van der Waals surface area contributed by atoms with Gasteiger partial charge in [0.15, 0.2) is 0 Å². The summed E-state index contributed by atoms with van der Waals surface area (Å²) in [7, 11) is 1.36. The maximum Gasteiger partial charge on any atom is 0.337 e. The highest BCUT2D eigenvalue weighted by atomic mass is 16.5. The summed E-state index contributed by atoms with van der Waals surface area (Å²) in [5.74, 6) is -0.332. The Kier molecular flexibility index (Phi) is 5.18. The molecule has 0 fully saturated rings. The van der Waals surface area contributed by atoms with Gasteiger partial charge in [0.1, 0.15) is 0 Å². The van der Waals surface area contributed by atoms with Crippen LogP contribution in [0.1, 0.15) is 22.8 Å². The van der Waals surface area contributed by atoms with Gasteiger partial charge in [0, 0.05) is 6.54 Å². The first-order valence-corrected chi connectivity index (χ1v) is 5.47. The van der Waals surface area contributed by atoms with Crippen molar-refractivity contribution in [2.45, 2.75) is 13.5 Å². The van der Waals surface area contributed by atoms with Crippen LogP contribution in [0.25, 0.3) is 0 Å². The quantitative estimate of drug-likeness (QED) is 0.574. The fourth-order valence-corrected chi connectivity index (χ4v) is 1.50. The van der Waals surface area contributed by atoms with Gasteiger partial charge in [0.2, 0.25) is 0 Å². The highest BCUT2D eigenvalue weighted by Gasteiger charge is 2.06. The van der Waals surface area contributed by atoms with Crippen LogP contribution in [-0.4, -0.2) is 31.1 Å². The fourth-order valence-electron chi connectivity index (χ4n) is 1.50.